The Morgan fingerprint density at radius 2 is 2.09 bits per heavy atom. The number of hydrogen-bond donors (Lipinski definition) is 1. The van der Waals surface area contributed by atoms with Crippen molar-refractivity contribution in [2.45, 2.75) is 50.9 Å². The topological polar surface area (TPSA) is 57.2 Å². The van der Waals surface area contributed by atoms with Crippen LogP contribution in [0, 0.1) is 0 Å². The summed E-state index contributed by atoms with van der Waals surface area (Å²) < 4.78 is 40.3. The van der Waals surface area contributed by atoms with Crippen molar-refractivity contribution in [2.24, 2.45) is 15.7 Å². The molecular formula is C15H20F3N5. The van der Waals surface area contributed by atoms with E-state index in [2.05, 4.69) is 9.98 Å². The Bertz CT molecular complexity index is 590. The van der Waals surface area contributed by atoms with Crippen LogP contribution in [-0.4, -0.2) is 46.4 Å². The van der Waals surface area contributed by atoms with Gasteiger partial charge in [-0.1, -0.05) is 6.08 Å². The van der Waals surface area contributed by atoms with Gasteiger partial charge in [0.05, 0.1) is 11.7 Å². The van der Waals surface area contributed by atoms with Crippen LogP contribution < -0.4 is 5.73 Å². The number of guanidine groups is 1. The van der Waals surface area contributed by atoms with E-state index in [0.717, 1.165) is 6.42 Å². The van der Waals surface area contributed by atoms with Crippen molar-refractivity contribution >= 4 is 11.8 Å². The number of nitrogens with zero attached hydrogens (tertiary/aromatic N) is 4. The smallest absolute Gasteiger partial charge is 0.382 e. The maximum absolute atomic E-state index is 13.4. The molecule has 1 saturated heterocycles. The molecule has 5 nitrogen and oxygen atoms in total. The third-order valence-electron chi connectivity index (χ3n) is 4.29. The molecule has 3 aliphatic heterocycles. The van der Waals surface area contributed by atoms with Crippen LogP contribution in [-0.2, 0) is 0 Å². The molecule has 8 heteroatoms. The third-order valence-corrected chi connectivity index (χ3v) is 4.29. The maximum atomic E-state index is 13.4. The number of hydrogen-bond acceptors (Lipinski definition) is 5. The average Bonchev–Trinajstić information content (AvgIpc) is 2.67. The third kappa shape index (κ3) is 3.07. The monoisotopic (exact) mass is 327 g/mol. The van der Waals surface area contributed by atoms with Crippen molar-refractivity contribution < 1.29 is 13.2 Å². The second-order valence-corrected chi connectivity index (χ2v) is 6.03. The Morgan fingerprint density at radius 1 is 1.30 bits per heavy atom. The zero-order valence-electron chi connectivity index (χ0n) is 12.9. The SMILES string of the molecule is CC1CC=C2C(N)=NC=CN2C(N2CCCCC2C(F)(F)F)=N1. The number of rotatable bonds is 0. The van der Waals surface area contributed by atoms with Crippen molar-refractivity contribution in [1.29, 1.82) is 0 Å². The van der Waals surface area contributed by atoms with Crippen LogP contribution in [0.3, 0.4) is 0 Å². The first kappa shape index (κ1) is 15.9. The van der Waals surface area contributed by atoms with Crippen LogP contribution >= 0.6 is 0 Å². The van der Waals surface area contributed by atoms with Gasteiger partial charge in [0.2, 0.25) is 5.96 Å². The van der Waals surface area contributed by atoms with E-state index in [1.165, 1.54) is 11.1 Å². The Hall–Kier alpha value is -1.99. The molecule has 2 N–H and O–H groups in total. The van der Waals surface area contributed by atoms with Crippen LogP contribution in [0.1, 0.15) is 32.6 Å². The van der Waals surface area contributed by atoms with Crippen LogP contribution in [0.25, 0.3) is 0 Å². The van der Waals surface area contributed by atoms with Crippen molar-refractivity contribution in [3.8, 4) is 0 Å². The number of fused-ring (bicyclic) bond motifs is 1. The molecule has 3 aliphatic rings. The van der Waals surface area contributed by atoms with Crippen LogP contribution in [0.5, 0.6) is 0 Å². The van der Waals surface area contributed by atoms with Crippen LogP contribution in [0.2, 0.25) is 0 Å². The minimum atomic E-state index is -4.28. The lowest BCUT2D eigenvalue weighted by molar-refractivity contribution is -0.180. The van der Waals surface area contributed by atoms with Gasteiger partial charge in [-0.2, -0.15) is 13.2 Å². The number of likely N-dealkylation sites (tertiary alicyclic amines) is 1. The van der Waals surface area contributed by atoms with Gasteiger partial charge >= 0.3 is 6.18 Å². The second-order valence-electron chi connectivity index (χ2n) is 6.03. The van der Waals surface area contributed by atoms with E-state index in [-0.39, 0.29) is 12.5 Å². The van der Waals surface area contributed by atoms with Gasteiger partial charge in [-0.25, -0.2) is 9.98 Å². The Kier molecular flexibility index (Phi) is 4.08. The van der Waals surface area contributed by atoms with E-state index in [1.807, 2.05) is 13.0 Å². The molecule has 3 heterocycles. The summed E-state index contributed by atoms with van der Waals surface area (Å²) in [4.78, 5) is 11.6. The highest BCUT2D eigenvalue weighted by Gasteiger charge is 2.47. The maximum Gasteiger partial charge on any atom is 0.408 e. The number of halogens is 3. The fourth-order valence-corrected chi connectivity index (χ4v) is 3.15. The largest absolute Gasteiger partial charge is 0.408 e. The molecule has 0 amide bonds. The van der Waals surface area contributed by atoms with Gasteiger partial charge in [-0.3, -0.25) is 4.90 Å². The lowest BCUT2D eigenvalue weighted by Gasteiger charge is -2.42. The van der Waals surface area contributed by atoms with Crippen LogP contribution in [0.15, 0.2) is 34.2 Å². The highest BCUT2D eigenvalue weighted by Crippen LogP contribution is 2.34. The lowest BCUT2D eigenvalue weighted by atomic mass is 10.0. The first-order chi connectivity index (χ1) is 10.9. The fraction of sp³-hybridized carbons (Fsp3) is 0.600. The standard InChI is InChI=1S/C15H20F3N5/c1-10-5-6-11-13(19)20-7-9-22(11)14(21-10)23-8-3-2-4-12(23)15(16,17)18/h6-7,9-10,12H,2-5,8H2,1H3,(H2,19,20). The van der Waals surface area contributed by atoms with Gasteiger partial charge in [-0.05, 0) is 32.6 Å². The molecule has 0 radical (unpaired) electrons. The molecule has 0 aromatic rings. The number of alkyl halides is 3. The predicted octanol–water partition coefficient (Wildman–Crippen LogP) is 2.58. The van der Waals surface area contributed by atoms with Gasteiger partial charge in [0, 0.05) is 18.9 Å². The van der Waals surface area contributed by atoms with Gasteiger partial charge in [0.15, 0.2) is 0 Å². The zero-order valence-corrected chi connectivity index (χ0v) is 12.9. The van der Waals surface area contributed by atoms with Gasteiger partial charge in [-0.15, -0.1) is 0 Å². The zero-order chi connectivity index (χ0) is 16.6. The van der Waals surface area contributed by atoms with Gasteiger partial charge in [0.1, 0.15) is 11.9 Å². The number of aliphatic imine (C=N–C) groups is 2. The molecule has 0 aromatic carbocycles. The van der Waals surface area contributed by atoms with E-state index in [0.29, 0.717) is 36.9 Å². The van der Waals surface area contributed by atoms with Crippen molar-refractivity contribution in [2.75, 3.05) is 6.54 Å². The summed E-state index contributed by atoms with van der Waals surface area (Å²) >= 11 is 0. The van der Waals surface area contributed by atoms with E-state index >= 15 is 0 Å². The van der Waals surface area contributed by atoms with E-state index in [4.69, 9.17) is 5.73 Å². The number of amidine groups is 1. The summed E-state index contributed by atoms with van der Waals surface area (Å²) in [5.74, 6) is 0.618. The summed E-state index contributed by atoms with van der Waals surface area (Å²) in [6.45, 7) is 2.23. The summed E-state index contributed by atoms with van der Waals surface area (Å²) in [7, 11) is 0. The molecule has 2 unspecified atom stereocenters. The summed E-state index contributed by atoms with van der Waals surface area (Å²) in [5.41, 5.74) is 6.52. The highest BCUT2D eigenvalue weighted by molar-refractivity contribution is 6.02. The normalized spacial score (nSPS) is 28.6. The molecule has 23 heavy (non-hydrogen) atoms. The number of piperidine rings is 1. The Balaban J connectivity index is 2.00. The molecule has 0 spiro atoms. The van der Waals surface area contributed by atoms with Crippen molar-refractivity contribution in [3.63, 3.8) is 0 Å². The molecule has 1 fully saturated rings. The fourth-order valence-electron chi connectivity index (χ4n) is 3.15. The number of nitrogens with two attached hydrogens (primary N) is 1. The molecule has 0 bridgehead atoms. The second kappa shape index (κ2) is 5.90. The van der Waals surface area contributed by atoms with Crippen molar-refractivity contribution in [3.05, 3.63) is 24.2 Å². The quantitative estimate of drug-likeness (QED) is 0.744. The Morgan fingerprint density at radius 3 is 2.83 bits per heavy atom. The van der Waals surface area contributed by atoms with Crippen molar-refractivity contribution in [1.82, 2.24) is 9.80 Å². The summed E-state index contributed by atoms with van der Waals surface area (Å²) in [5, 5.41) is 0. The molecule has 3 rings (SSSR count). The van der Waals surface area contributed by atoms with E-state index in [9.17, 15) is 13.2 Å². The minimum Gasteiger partial charge on any atom is -0.382 e. The van der Waals surface area contributed by atoms with E-state index in [1.54, 1.807) is 11.1 Å². The molecule has 0 aromatic heterocycles. The first-order valence-corrected chi connectivity index (χ1v) is 7.79. The molecule has 0 saturated carbocycles. The molecule has 126 valence electrons. The average molecular weight is 327 g/mol. The highest BCUT2D eigenvalue weighted by atomic mass is 19.4. The molecular weight excluding hydrogens is 307 g/mol. The predicted molar refractivity (Wildman–Crippen MR) is 82.6 cm³/mol. The van der Waals surface area contributed by atoms with Gasteiger partial charge < -0.3 is 10.6 Å². The summed E-state index contributed by atoms with van der Waals surface area (Å²) in [6, 6.07) is -1.62. The lowest BCUT2D eigenvalue weighted by Crippen LogP contribution is -2.56. The minimum absolute atomic E-state index is 0.0943. The molecule has 0 aliphatic carbocycles. The Labute approximate surface area is 133 Å². The first-order valence-electron chi connectivity index (χ1n) is 7.79. The van der Waals surface area contributed by atoms with Gasteiger partial charge in [0.25, 0.3) is 0 Å². The van der Waals surface area contributed by atoms with Crippen LogP contribution in [0.4, 0.5) is 13.2 Å². The van der Waals surface area contributed by atoms with E-state index < -0.39 is 12.2 Å². The summed E-state index contributed by atoms with van der Waals surface area (Å²) in [6.07, 6.45) is 2.73. The molecule has 2 atom stereocenters.